The summed E-state index contributed by atoms with van der Waals surface area (Å²) in [6.45, 7) is 5.87. The van der Waals surface area contributed by atoms with Crippen LogP contribution >= 0.6 is 0 Å². The average molecular weight is 428 g/mol. The summed E-state index contributed by atoms with van der Waals surface area (Å²) in [4.78, 5) is 41.7. The first-order valence-corrected chi connectivity index (χ1v) is 10.3. The molecule has 2 aromatic heterocycles. The van der Waals surface area contributed by atoms with Gasteiger partial charge in [0.1, 0.15) is 6.33 Å². The van der Waals surface area contributed by atoms with Crippen molar-refractivity contribution in [1.29, 1.82) is 0 Å². The highest BCUT2D eigenvalue weighted by Crippen LogP contribution is 2.24. The maximum Gasteiger partial charge on any atom is 0.336 e. The SMILES string of the molecule is CCCCc1ccc(C(=O)O)c(C(=O)O)c1CCCC.Cc1cc(=O)n2[nH]cnc2n1. The quantitative estimate of drug-likeness (QED) is 0.499. The van der Waals surface area contributed by atoms with Crippen LogP contribution < -0.4 is 5.56 Å². The zero-order chi connectivity index (χ0) is 23.0. The first-order valence-electron chi connectivity index (χ1n) is 10.3. The summed E-state index contributed by atoms with van der Waals surface area (Å²) < 4.78 is 1.28. The van der Waals surface area contributed by atoms with Gasteiger partial charge >= 0.3 is 11.9 Å². The molecule has 3 rings (SSSR count). The maximum atomic E-state index is 11.5. The molecule has 0 fully saturated rings. The van der Waals surface area contributed by atoms with E-state index in [0.717, 1.165) is 37.7 Å². The molecule has 1 aromatic carbocycles. The molecule has 0 amide bonds. The number of carboxylic acids is 2. The second-order valence-electron chi connectivity index (χ2n) is 7.20. The fourth-order valence-electron chi connectivity index (χ4n) is 3.29. The Labute approximate surface area is 179 Å². The van der Waals surface area contributed by atoms with Crippen molar-refractivity contribution < 1.29 is 19.8 Å². The Balaban J connectivity index is 0.000000258. The Morgan fingerprint density at radius 2 is 1.74 bits per heavy atom. The summed E-state index contributed by atoms with van der Waals surface area (Å²) in [5, 5.41) is 21.2. The zero-order valence-corrected chi connectivity index (χ0v) is 18.0. The van der Waals surface area contributed by atoms with E-state index in [1.54, 1.807) is 13.0 Å². The molecular formula is C22H28N4O5. The molecule has 2 heterocycles. The van der Waals surface area contributed by atoms with Crippen molar-refractivity contribution in [2.24, 2.45) is 0 Å². The Bertz CT molecular complexity index is 1120. The number of hydrogen-bond acceptors (Lipinski definition) is 5. The van der Waals surface area contributed by atoms with Crippen molar-refractivity contribution in [1.82, 2.24) is 19.6 Å². The van der Waals surface area contributed by atoms with Gasteiger partial charge in [-0.2, -0.15) is 4.52 Å². The van der Waals surface area contributed by atoms with Crippen LogP contribution in [0, 0.1) is 6.92 Å². The van der Waals surface area contributed by atoms with Gasteiger partial charge in [0.25, 0.3) is 11.3 Å². The average Bonchev–Trinajstić information content (AvgIpc) is 3.19. The second kappa shape index (κ2) is 11.1. The van der Waals surface area contributed by atoms with E-state index in [9.17, 15) is 19.5 Å². The number of carbonyl (C=O) groups is 2. The predicted octanol–water partition coefficient (Wildman–Crippen LogP) is 3.49. The number of nitrogens with zero attached hydrogens (tertiary/aromatic N) is 3. The number of aromatic amines is 1. The number of carboxylic acid groups (broad SMARTS) is 2. The summed E-state index contributed by atoms with van der Waals surface area (Å²) in [6.07, 6.45) is 6.67. The van der Waals surface area contributed by atoms with E-state index >= 15 is 0 Å². The smallest absolute Gasteiger partial charge is 0.336 e. The number of benzene rings is 1. The van der Waals surface area contributed by atoms with Gasteiger partial charge in [0.2, 0.25) is 0 Å². The molecule has 0 aliphatic heterocycles. The van der Waals surface area contributed by atoms with Gasteiger partial charge in [0, 0.05) is 11.8 Å². The van der Waals surface area contributed by atoms with Crippen LogP contribution in [0.15, 0.2) is 29.3 Å². The summed E-state index contributed by atoms with van der Waals surface area (Å²) in [5.74, 6) is -1.91. The summed E-state index contributed by atoms with van der Waals surface area (Å²) in [6, 6.07) is 4.65. The van der Waals surface area contributed by atoms with Crippen molar-refractivity contribution in [2.75, 3.05) is 0 Å². The minimum Gasteiger partial charge on any atom is -0.478 e. The topological polar surface area (TPSA) is 138 Å². The molecule has 0 bridgehead atoms. The van der Waals surface area contributed by atoms with E-state index < -0.39 is 11.9 Å². The van der Waals surface area contributed by atoms with Gasteiger partial charge in [-0.15, -0.1) is 0 Å². The molecule has 0 saturated heterocycles. The molecule has 0 spiro atoms. The Morgan fingerprint density at radius 3 is 2.35 bits per heavy atom. The summed E-state index contributed by atoms with van der Waals surface area (Å²) in [7, 11) is 0. The predicted molar refractivity (Wildman–Crippen MR) is 116 cm³/mol. The van der Waals surface area contributed by atoms with E-state index in [4.69, 9.17) is 5.11 Å². The lowest BCUT2D eigenvalue weighted by atomic mass is 9.90. The number of hydrogen-bond donors (Lipinski definition) is 3. The summed E-state index contributed by atoms with van der Waals surface area (Å²) >= 11 is 0. The standard InChI is InChI=1S/C16H22O4.C6H6N4O/c1-3-5-7-11-9-10-13(15(17)18)14(16(19)20)12(11)8-6-4-2;1-4-2-5(11)10-6(9-4)7-3-8-10/h9-10H,3-8H2,1-2H3,(H,17,18)(H,19,20);2-3H,1H3,(H,7,8,9). The molecule has 0 saturated carbocycles. The fraction of sp³-hybridized carbons (Fsp3) is 0.409. The van der Waals surface area contributed by atoms with Gasteiger partial charge in [-0.05, 0) is 49.8 Å². The van der Waals surface area contributed by atoms with Crippen molar-refractivity contribution in [2.45, 2.75) is 59.3 Å². The molecule has 0 atom stereocenters. The van der Waals surface area contributed by atoms with E-state index in [2.05, 4.69) is 22.0 Å². The van der Waals surface area contributed by atoms with Crippen LogP contribution in [0.1, 0.15) is 77.1 Å². The molecule has 0 aliphatic carbocycles. The highest BCUT2D eigenvalue weighted by atomic mass is 16.4. The molecule has 31 heavy (non-hydrogen) atoms. The highest BCUT2D eigenvalue weighted by Gasteiger charge is 2.22. The van der Waals surface area contributed by atoms with Gasteiger partial charge in [0.15, 0.2) is 0 Å². The van der Waals surface area contributed by atoms with E-state index in [1.807, 2.05) is 6.92 Å². The number of unbranched alkanes of at least 4 members (excludes halogenated alkanes) is 2. The number of H-pyrrole nitrogens is 1. The number of aryl methyl sites for hydroxylation is 2. The van der Waals surface area contributed by atoms with E-state index in [-0.39, 0.29) is 16.7 Å². The van der Waals surface area contributed by atoms with Gasteiger partial charge in [-0.25, -0.2) is 19.6 Å². The van der Waals surface area contributed by atoms with Crippen molar-refractivity contribution in [3.05, 3.63) is 62.8 Å². The lowest BCUT2D eigenvalue weighted by molar-refractivity contribution is 0.0650. The first-order chi connectivity index (χ1) is 14.8. The van der Waals surface area contributed by atoms with Crippen molar-refractivity contribution in [3.63, 3.8) is 0 Å². The second-order valence-corrected chi connectivity index (χ2v) is 7.20. The Kier molecular flexibility index (Phi) is 8.48. The van der Waals surface area contributed by atoms with Crippen LogP contribution in [0.4, 0.5) is 0 Å². The number of nitrogens with one attached hydrogen (secondary N) is 1. The first kappa shape index (κ1) is 23.8. The van der Waals surface area contributed by atoms with Crippen LogP contribution in [-0.4, -0.2) is 41.7 Å². The third kappa shape index (κ3) is 6.00. The highest BCUT2D eigenvalue weighted by molar-refractivity contribution is 6.03. The molecule has 9 nitrogen and oxygen atoms in total. The lowest BCUT2D eigenvalue weighted by Gasteiger charge is -2.14. The largest absolute Gasteiger partial charge is 0.478 e. The van der Waals surface area contributed by atoms with Gasteiger partial charge in [-0.1, -0.05) is 32.8 Å². The number of aromatic carboxylic acids is 2. The molecule has 3 N–H and O–H groups in total. The zero-order valence-electron chi connectivity index (χ0n) is 18.0. The molecular weight excluding hydrogens is 400 g/mol. The minimum absolute atomic E-state index is 0.0282. The monoisotopic (exact) mass is 428 g/mol. The van der Waals surface area contributed by atoms with Crippen LogP contribution in [-0.2, 0) is 12.8 Å². The van der Waals surface area contributed by atoms with Gasteiger partial charge in [-0.3, -0.25) is 9.89 Å². The Morgan fingerprint density at radius 1 is 1.06 bits per heavy atom. The normalized spacial score (nSPS) is 10.5. The van der Waals surface area contributed by atoms with Gasteiger partial charge in [0.05, 0.1) is 11.1 Å². The lowest BCUT2D eigenvalue weighted by Crippen LogP contribution is -2.14. The number of fused-ring (bicyclic) bond motifs is 1. The number of rotatable bonds is 8. The van der Waals surface area contributed by atoms with Crippen LogP contribution in [0.5, 0.6) is 0 Å². The van der Waals surface area contributed by atoms with E-state index in [1.165, 1.54) is 23.0 Å². The Hall–Kier alpha value is -3.49. The summed E-state index contributed by atoms with van der Waals surface area (Å²) in [5.41, 5.74) is 2.09. The third-order valence-electron chi connectivity index (χ3n) is 4.83. The van der Waals surface area contributed by atoms with Crippen LogP contribution in [0.3, 0.4) is 0 Å². The molecule has 0 aliphatic rings. The molecule has 9 heteroatoms. The maximum absolute atomic E-state index is 11.5. The van der Waals surface area contributed by atoms with E-state index in [0.29, 0.717) is 23.5 Å². The molecule has 3 aromatic rings. The minimum atomic E-state index is -1.18. The molecule has 0 unspecified atom stereocenters. The molecule has 166 valence electrons. The fourth-order valence-corrected chi connectivity index (χ4v) is 3.29. The third-order valence-corrected chi connectivity index (χ3v) is 4.83. The van der Waals surface area contributed by atoms with Crippen molar-refractivity contribution >= 4 is 17.7 Å². The van der Waals surface area contributed by atoms with Crippen LogP contribution in [0.2, 0.25) is 0 Å². The van der Waals surface area contributed by atoms with Crippen LogP contribution in [0.25, 0.3) is 5.78 Å². The molecule has 0 radical (unpaired) electrons. The van der Waals surface area contributed by atoms with Crippen molar-refractivity contribution in [3.8, 4) is 0 Å². The number of aromatic nitrogens is 4. The van der Waals surface area contributed by atoms with Gasteiger partial charge < -0.3 is 10.2 Å².